The first kappa shape index (κ1) is 52.3. The molecule has 0 aromatic carbocycles. The number of methoxy groups -OCH3 is 7. The molecule has 1 unspecified atom stereocenters. The van der Waals surface area contributed by atoms with Crippen molar-refractivity contribution in [1.82, 2.24) is 5.32 Å². The van der Waals surface area contributed by atoms with E-state index in [9.17, 15) is 33.6 Å². The van der Waals surface area contributed by atoms with Crippen molar-refractivity contribution in [3.8, 4) is 0 Å². The van der Waals surface area contributed by atoms with E-state index in [-0.39, 0.29) is 51.4 Å². The highest BCUT2D eigenvalue weighted by Gasteiger charge is 2.70. The Balaban J connectivity index is 2.05. The van der Waals surface area contributed by atoms with E-state index in [0.29, 0.717) is 45.4 Å². The molecule has 1 N–H and O–H groups in total. The number of nitrogens with zero attached hydrogens (tertiary/aromatic N) is 3. The summed E-state index contributed by atoms with van der Waals surface area (Å²) in [5, 5.41) is 3.57. The summed E-state index contributed by atoms with van der Waals surface area (Å²) in [6, 6.07) is -1.19. The zero-order valence-corrected chi connectivity index (χ0v) is 41.7. The van der Waals surface area contributed by atoms with Gasteiger partial charge in [0.2, 0.25) is 0 Å². The van der Waals surface area contributed by atoms with Gasteiger partial charge in [-0.15, -0.1) is 0 Å². The molecule has 5 rings (SSSR count). The number of aliphatic imine (C=N–C) groups is 3. The van der Waals surface area contributed by atoms with Crippen LogP contribution in [0.15, 0.2) is 49.3 Å². The first-order valence-electron chi connectivity index (χ1n) is 22.6. The molecule has 1 saturated heterocycles. The standard InChI is InChI=1S/C49H68N4O14/c1-25-37-28(17-20-33(55)62-10)45(3,4)31(51-37)24-30-27(16-19-32(54)61-9)47(6,43(59)66-14)40(50-30)26(2)38-29(18-21-34(56)63-11)48(7,44(60)67-15)49(8,53-38)41-36(42(58)65-13)46(5,39(25)52-41)23-22-35(57)64-12/h24,27-29,36,41,50H,16-23H2,1-15H3/b30-24-,37-25?,40-26-/t27-,28-,29-,36-,41?,46-,47+,48-,49+/m1/s1. The van der Waals surface area contributed by atoms with Crippen molar-refractivity contribution in [1.29, 1.82) is 0 Å². The molecular formula is C49H68N4O14. The lowest BCUT2D eigenvalue weighted by Gasteiger charge is -2.45. The predicted octanol–water partition coefficient (Wildman–Crippen LogP) is 5.37. The van der Waals surface area contributed by atoms with Gasteiger partial charge in [0.05, 0.1) is 67.3 Å². The van der Waals surface area contributed by atoms with Crippen LogP contribution in [-0.2, 0) is 66.7 Å². The molecule has 9 atom stereocenters. The monoisotopic (exact) mass is 936 g/mol. The lowest BCUT2D eigenvalue weighted by molar-refractivity contribution is -0.162. The number of fused-ring (bicyclic) bond motifs is 6. The third kappa shape index (κ3) is 8.50. The number of allylic oxidation sites excluding steroid dienone is 5. The second kappa shape index (κ2) is 19.5. The lowest BCUT2D eigenvalue weighted by Crippen LogP contribution is -2.59. The van der Waals surface area contributed by atoms with Crippen molar-refractivity contribution in [2.45, 2.75) is 118 Å². The van der Waals surface area contributed by atoms with E-state index < -0.39 is 98.7 Å². The second-order valence-corrected chi connectivity index (χ2v) is 19.4. The number of rotatable bonds is 15. The van der Waals surface area contributed by atoms with Gasteiger partial charge in [-0.05, 0) is 77.5 Å². The van der Waals surface area contributed by atoms with Crippen molar-refractivity contribution in [2.75, 3.05) is 49.8 Å². The van der Waals surface area contributed by atoms with Gasteiger partial charge < -0.3 is 38.5 Å². The molecule has 5 aliphatic rings. The second-order valence-electron chi connectivity index (χ2n) is 19.4. The van der Waals surface area contributed by atoms with Gasteiger partial charge in [0, 0.05) is 88.5 Å². The van der Waals surface area contributed by atoms with Crippen molar-refractivity contribution >= 4 is 58.9 Å². The Morgan fingerprint density at radius 1 is 0.627 bits per heavy atom. The van der Waals surface area contributed by atoms with Crippen LogP contribution in [0.3, 0.4) is 0 Å². The van der Waals surface area contributed by atoms with Gasteiger partial charge in [-0.1, -0.05) is 20.8 Å². The lowest BCUT2D eigenvalue weighted by atomic mass is 9.57. The van der Waals surface area contributed by atoms with Crippen molar-refractivity contribution in [2.24, 2.45) is 60.3 Å². The zero-order valence-electron chi connectivity index (χ0n) is 41.7. The van der Waals surface area contributed by atoms with Crippen LogP contribution in [0, 0.1) is 45.3 Å². The Kier molecular flexibility index (Phi) is 15.2. The average molecular weight is 937 g/mol. The number of carbonyl (C=O) groups excluding carboxylic acids is 7. The molecule has 67 heavy (non-hydrogen) atoms. The first-order chi connectivity index (χ1) is 31.4. The molecule has 368 valence electrons. The van der Waals surface area contributed by atoms with Gasteiger partial charge in [0.15, 0.2) is 0 Å². The van der Waals surface area contributed by atoms with Crippen LogP contribution in [0.2, 0.25) is 0 Å². The summed E-state index contributed by atoms with van der Waals surface area (Å²) in [4.78, 5) is 112. The molecule has 1 fully saturated rings. The Hall–Kier alpha value is -5.68. The number of hydrogen-bond acceptors (Lipinski definition) is 18. The van der Waals surface area contributed by atoms with Crippen molar-refractivity contribution in [3.63, 3.8) is 0 Å². The molecule has 0 spiro atoms. The van der Waals surface area contributed by atoms with Gasteiger partial charge >= 0.3 is 41.8 Å². The molecular weight excluding hydrogens is 869 g/mol. The van der Waals surface area contributed by atoms with Gasteiger partial charge in [-0.2, -0.15) is 0 Å². The largest absolute Gasteiger partial charge is 0.469 e. The summed E-state index contributed by atoms with van der Waals surface area (Å²) in [6.07, 6.45) is 2.05. The summed E-state index contributed by atoms with van der Waals surface area (Å²) < 4.78 is 37.2. The third-order valence-electron chi connectivity index (χ3n) is 15.9. The van der Waals surface area contributed by atoms with E-state index in [1.807, 2.05) is 33.8 Å². The highest BCUT2D eigenvalue weighted by atomic mass is 16.5. The zero-order chi connectivity index (χ0) is 50.2. The summed E-state index contributed by atoms with van der Waals surface area (Å²) in [5.74, 6) is -7.32. The summed E-state index contributed by atoms with van der Waals surface area (Å²) in [5.41, 5.74) is -3.16. The fourth-order valence-corrected chi connectivity index (χ4v) is 11.7. The van der Waals surface area contributed by atoms with Gasteiger partial charge in [0.25, 0.3) is 0 Å². The smallest absolute Gasteiger partial charge is 0.318 e. The van der Waals surface area contributed by atoms with Crippen LogP contribution in [-0.4, -0.2) is 120 Å². The van der Waals surface area contributed by atoms with Crippen LogP contribution in [0.1, 0.15) is 107 Å². The van der Waals surface area contributed by atoms with Crippen LogP contribution < -0.4 is 5.32 Å². The quantitative estimate of drug-likeness (QED) is 0.161. The summed E-state index contributed by atoms with van der Waals surface area (Å²) in [7, 11) is 8.93. The minimum Gasteiger partial charge on any atom is -0.469 e. The topological polar surface area (TPSA) is 233 Å². The van der Waals surface area contributed by atoms with Gasteiger partial charge in [-0.25, -0.2) is 0 Å². The van der Waals surface area contributed by atoms with Crippen molar-refractivity contribution < 1.29 is 66.7 Å². The molecule has 0 saturated carbocycles. The Bertz CT molecular complexity index is 2290. The summed E-state index contributed by atoms with van der Waals surface area (Å²) >= 11 is 0. The molecule has 18 heteroatoms. The van der Waals surface area contributed by atoms with Crippen molar-refractivity contribution in [3.05, 3.63) is 34.3 Å². The van der Waals surface area contributed by atoms with E-state index in [2.05, 4.69) is 5.32 Å². The maximum Gasteiger partial charge on any atom is 0.318 e. The molecule has 5 heterocycles. The van der Waals surface area contributed by atoms with E-state index in [1.165, 1.54) is 49.8 Å². The van der Waals surface area contributed by atoms with Crippen LogP contribution in [0.25, 0.3) is 0 Å². The fourth-order valence-electron chi connectivity index (χ4n) is 11.7. The normalized spacial score (nSPS) is 33.3. The summed E-state index contributed by atoms with van der Waals surface area (Å²) in [6.45, 7) is 14.6. The average Bonchev–Trinajstić information content (AvgIpc) is 3.95. The number of hydrogen-bond donors (Lipinski definition) is 1. The minimum atomic E-state index is -1.68. The Morgan fingerprint density at radius 2 is 1.13 bits per heavy atom. The van der Waals surface area contributed by atoms with Gasteiger partial charge in [-0.3, -0.25) is 48.5 Å². The van der Waals surface area contributed by atoms with Crippen LogP contribution >= 0.6 is 0 Å². The molecule has 0 aromatic heterocycles. The van der Waals surface area contributed by atoms with Crippen LogP contribution in [0.4, 0.5) is 0 Å². The molecule has 8 bridgehead atoms. The van der Waals surface area contributed by atoms with E-state index in [0.717, 1.165) is 0 Å². The highest BCUT2D eigenvalue weighted by Crippen LogP contribution is 2.61. The molecule has 18 nitrogen and oxygen atoms in total. The molecule has 5 aliphatic heterocycles. The van der Waals surface area contributed by atoms with Gasteiger partial charge in [0.1, 0.15) is 10.8 Å². The van der Waals surface area contributed by atoms with E-state index in [4.69, 9.17) is 48.1 Å². The minimum absolute atomic E-state index is 0.0163. The Labute approximate surface area is 392 Å². The predicted molar refractivity (Wildman–Crippen MR) is 244 cm³/mol. The first-order valence-corrected chi connectivity index (χ1v) is 22.6. The number of ether oxygens (including phenoxy) is 7. The van der Waals surface area contributed by atoms with E-state index >= 15 is 0 Å². The highest BCUT2D eigenvalue weighted by molar-refractivity contribution is 6.12. The third-order valence-corrected chi connectivity index (χ3v) is 15.9. The Morgan fingerprint density at radius 3 is 1.64 bits per heavy atom. The SMILES string of the molecule is COC(=O)CC[C@@H]1C2=C(C)C3=NC([C@H](C(=O)OC)[C@@]3(C)CCC(=O)OC)[C@]3(C)N=C(/C(C)=C4\N/C(=C\C(=N2)C1(C)C)[C@@H](CCC(=O)OC)[C@]4(C)C(=O)OC)[C@@H](CCC(=O)OC)[C@]3(C)C(=O)OC. The maximum absolute atomic E-state index is 14.9. The molecule has 0 aromatic rings. The van der Waals surface area contributed by atoms with E-state index in [1.54, 1.807) is 27.7 Å². The molecule has 0 radical (unpaired) electrons. The molecule has 0 amide bonds. The number of esters is 7. The fraction of sp³-hybridized carbons (Fsp3) is 0.673. The molecule has 0 aliphatic carbocycles. The van der Waals surface area contributed by atoms with Crippen LogP contribution in [0.5, 0.6) is 0 Å². The number of carbonyl (C=O) groups is 7. The number of nitrogens with one attached hydrogen (secondary N) is 1. The maximum atomic E-state index is 14.9.